The molecule has 2 aromatic carbocycles. The summed E-state index contributed by atoms with van der Waals surface area (Å²) in [6.45, 7) is 5.66. The van der Waals surface area contributed by atoms with Gasteiger partial charge in [-0.05, 0) is 42.2 Å². The SMILES string of the molecule is CC(=O)Nc1ccccc1-n1c2c(cc(-c3nc(-c4ccc(Cl)cc4)cs3)c1=S)C(=O)CC(C)(C)C2. The number of para-hydroxylation sites is 2. The molecule has 0 unspecified atom stereocenters. The molecule has 0 atom stereocenters. The molecule has 182 valence electrons. The number of hydrogen-bond acceptors (Lipinski definition) is 5. The van der Waals surface area contributed by atoms with Crippen molar-refractivity contribution in [2.45, 2.75) is 33.6 Å². The van der Waals surface area contributed by atoms with Crippen molar-refractivity contribution in [1.29, 1.82) is 0 Å². The van der Waals surface area contributed by atoms with Crippen molar-refractivity contribution in [2.75, 3.05) is 5.32 Å². The second-order valence-corrected chi connectivity index (χ2v) is 11.4. The van der Waals surface area contributed by atoms with Crippen molar-refractivity contribution in [3.05, 3.63) is 80.9 Å². The van der Waals surface area contributed by atoms with Crippen LogP contribution in [0, 0.1) is 10.1 Å². The molecule has 0 spiro atoms. The minimum absolute atomic E-state index is 0.0812. The third-order valence-corrected chi connectivity index (χ3v) is 7.75. The highest BCUT2D eigenvalue weighted by Crippen LogP contribution is 2.40. The van der Waals surface area contributed by atoms with Crippen molar-refractivity contribution >= 4 is 52.5 Å². The Hall–Kier alpha value is -3.13. The van der Waals surface area contributed by atoms with Crippen LogP contribution < -0.4 is 5.32 Å². The Morgan fingerprint density at radius 2 is 1.83 bits per heavy atom. The van der Waals surface area contributed by atoms with Gasteiger partial charge in [0.2, 0.25) is 5.91 Å². The second-order valence-electron chi connectivity index (χ2n) is 9.74. The van der Waals surface area contributed by atoms with E-state index in [-0.39, 0.29) is 17.1 Å². The first-order chi connectivity index (χ1) is 17.1. The molecular weight excluding hydrogens is 510 g/mol. The quantitative estimate of drug-likeness (QED) is 0.272. The van der Waals surface area contributed by atoms with Crippen LogP contribution in [0.3, 0.4) is 0 Å². The van der Waals surface area contributed by atoms with Crippen LogP contribution in [0.1, 0.15) is 43.2 Å². The monoisotopic (exact) mass is 533 g/mol. The lowest BCUT2D eigenvalue weighted by atomic mass is 9.75. The number of nitrogens with zero attached hydrogens (tertiary/aromatic N) is 2. The zero-order valence-electron chi connectivity index (χ0n) is 20.1. The number of carbonyl (C=O) groups is 2. The zero-order valence-corrected chi connectivity index (χ0v) is 22.5. The molecule has 1 aliphatic rings. The van der Waals surface area contributed by atoms with Gasteiger partial charge in [-0.2, -0.15) is 0 Å². The Morgan fingerprint density at radius 3 is 2.56 bits per heavy atom. The van der Waals surface area contributed by atoms with Gasteiger partial charge in [0.1, 0.15) is 9.65 Å². The van der Waals surface area contributed by atoms with Gasteiger partial charge in [0.15, 0.2) is 5.78 Å². The predicted molar refractivity (Wildman–Crippen MR) is 149 cm³/mol. The molecule has 0 saturated heterocycles. The number of Topliss-reactive ketones (excluding diaryl/α,β-unsaturated/α-hetero) is 1. The molecule has 2 heterocycles. The largest absolute Gasteiger partial charge is 0.325 e. The van der Waals surface area contributed by atoms with E-state index >= 15 is 0 Å². The maximum atomic E-state index is 13.4. The number of pyridine rings is 1. The average Bonchev–Trinajstić information content (AvgIpc) is 3.29. The highest BCUT2D eigenvalue weighted by molar-refractivity contribution is 7.71. The molecule has 1 amide bonds. The summed E-state index contributed by atoms with van der Waals surface area (Å²) in [5, 5.41) is 6.29. The topological polar surface area (TPSA) is 64.0 Å². The normalized spacial score (nSPS) is 14.4. The van der Waals surface area contributed by atoms with Gasteiger partial charge in [-0.15, -0.1) is 11.3 Å². The second kappa shape index (κ2) is 9.39. The van der Waals surface area contributed by atoms with Crippen molar-refractivity contribution in [1.82, 2.24) is 9.55 Å². The van der Waals surface area contributed by atoms with Gasteiger partial charge in [-0.25, -0.2) is 4.98 Å². The number of halogens is 1. The van der Waals surface area contributed by atoms with Gasteiger partial charge in [0, 0.05) is 46.1 Å². The number of anilines is 1. The van der Waals surface area contributed by atoms with Crippen LogP contribution in [-0.4, -0.2) is 21.2 Å². The number of hydrogen-bond donors (Lipinski definition) is 1. The number of nitrogens with one attached hydrogen (secondary N) is 1. The molecule has 0 aliphatic heterocycles. The smallest absolute Gasteiger partial charge is 0.221 e. The van der Waals surface area contributed by atoms with E-state index in [9.17, 15) is 9.59 Å². The van der Waals surface area contributed by atoms with Crippen molar-refractivity contribution in [3.8, 4) is 27.5 Å². The zero-order chi connectivity index (χ0) is 25.6. The van der Waals surface area contributed by atoms with Gasteiger partial charge in [-0.1, -0.05) is 61.9 Å². The van der Waals surface area contributed by atoms with Crippen LogP contribution in [0.4, 0.5) is 5.69 Å². The molecule has 0 fully saturated rings. The van der Waals surface area contributed by atoms with E-state index < -0.39 is 0 Å². The highest BCUT2D eigenvalue weighted by atomic mass is 35.5. The molecule has 2 aromatic heterocycles. The average molecular weight is 534 g/mol. The molecular formula is C28H24ClN3O2S2. The first kappa shape index (κ1) is 24.6. The summed E-state index contributed by atoms with van der Waals surface area (Å²) in [4.78, 5) is 30.2. The van der Waals surface area contributed by atoms with E-state index in [4.69, 9.17) is 28.8 Å². The van der Waals surface area contributed by atoms with Gasteiger partial charge < -0.3 is 9.88 Å². The lowest BCUT2D eigenvalue weighted by molar-refractivity contribution is -0.114. The predicted octanol–water partition coefficient (Wildman–Crippen LogP) is 7.76. The number of amides is 1. The number of aromatic nitrogens is 2. The Balaban J connectivity index is 1.75. The Morgan fingerprint density at radius 1 is 1.11 bits per heavy atom. The Labute approximate surface area is 223 Å². The Kier molecular flexibility index (Phi) is 6.41. The van der Waals surface area contributed by atoms with E-state index in [0.29, 0.717) is 33.8 Å². The summed E-state index contributed by atoms with van der Waals surface area (Å²) < 4.78 is 2.50. The molecule has 4 aromatic rings. The minimum atomic E-state index is -0.207. The van der Waals surface area contributed by atoms with Crippen molar-refractivity contribution < 1.29 is 9.59 Å². The molecule has 5 rings (SSSR count). The fourth-order valence-corrected chi connectivity index (χ4v) is 6.04. The van der Waals surface area contributed by atoms with Crippen LogP contribution in [0.2, 0.25) is 5.02 Å². The fraction of sp³-hybridized carbons (Fsp3) is 0.214. The molecule has 0 bridgehead atoms. The third kappa shape index (κ3) is 4.66. The number of fused-ring (bicyclic) bond motifs is 1. The molecule has 1 aliphatic carbocycles. The summed E-state index contributed by atoms with van der Waals surface area (Å²) in [5.74, 6) is -0.0966. The molecule has 0 radical (unpaired) electrons. The van der Waals surface area contributed by atoms with Crippen molar-refractivity contribution in [3.63, 3.8) is 0 Å². The molecule has 5 nitrogen and oxygen atoms in total. The molecule has 36 heavy (non-hydrogen) atoms. The highest BCUT2D eigenvalue weighted by Gasteiger charge is 2.34. The first-order valence-corrected chi connectivity index (χ1v) is 13.2. The van der Waals surface area contributed by atoms with Crippen LogP contribution in [0.25, 0.3) is 27.5 Å². The van der Waals surface area contributed by atoms with Crippen LogP contribution >= 0.6 is 35.2 Å². The summed E-state index contributed by atoms with van der Waals surface area (Å²) in [6.07, 6.45) is 1.14. The first-order valence-electron chi connectivity index (χ1n) is 11.5. The number of rotatable bonds is 4. The van der Waals surface area contributed by atoms with E-state index in [1.807, 2.05) is 64.5 Å². The standard InChI is InChI=1S/C28H24ClN3O2S2/c1-16(33)30-21-6-4-5-7-23(21)32-24-13-28(2,3)14-25(34)19(24)12-20(27(32)35)26-31-22(15-36-26)17-8-10-18(29)11-9-17/h4-12,15H,13-14H2,1-3H3,(H,30,33). The Bertz CT molecular complexity index is 1570. The molecule has 0 saturated carbocycles. The van der Waals surface area contributed by atoms with Crippen LogP contribution in [-0.2, 0) is 11.2 Å². The minimum Gasteiger partial charge on any atom is -0.325 e. The van der Waals surface area contributed by atoms with Crippen molar-refractivity contribution in [2.24, 2.45) is 5.41 Å². The van der Waals surface area contributed by atoms with Crippen LogP contribution in [0.15, 0.2) is 60.0 Å². The van der Waals surface area contributed by atoms with Gasteiger partial charge in [-0.3, -0.25) is 9.59 Å². The number of thiazole rings is 1. The maximum Gasteiger partial charge on any atom is 0.221 e. The van der Waals surface area contributed by atoms with Gasteiger partial charge in [0.05, 0.1) is 17.1 Å². The van der Waals surface area contributed by atoms with E-state index in [0.717, 1.165) is 33.2 Å². The van der Waals surface area contributed by atoms with Gasteiger partial charge >= 0.3 is 0 Å². The number of ketones is 1. The third-order valence-electron chi connectivity index (χ3n) is 6.22. The molecule has 1 N–H and O–H groups in total. The summed E-state index contributed by atoms with van der Waals surface area (Å²) in [5.41, 5.74) is 5.16. The lowest BCUT2D eigenvalue weighted by Crippen LogP contribution is -2.30. The lowest BCUT2D eigenvalue weighted by Gasteiger charge is -2.33. The summed E-state index contributed by atoms with van der Waals surface area (Å²) in [7, 11) is 0. The van der Waals surface area contributed by atoms with E-state index in [1.165, 1.54) is 18.3 Å². The summed E-state index contributed by atoms with van der Waals surface area (Å²) in [6, 6.07) is 16.9. The fourth-order valence-electron chi connectivity index (χ4n) is 4.64. The van der Waals surface area contributed by atoms with Crippen LogP contribution in [0.5, 0.6) is 0 Å². The summed E-state index contributed by atoms with van der Waals surface area (Å²) >= 11 is 13.6. The molecule has 8 heteroatoms. The van der Waals surface area contributed by atoms with E-state index in [2.05, 4.69) is 19.2 Å². The van der Waals surface area contributed by atoms with E-state index in [1.54, 1.807) is 0 Å². The number of carbonyl (C=O) groups excluding carboxylic acids is 2. The van der Waals surface area contributed by atoms with Gasteiger partial charge in [0.25, 0.3) is 0 Å². The number of benzene rings is 2. The maximum absolute atomic E-state index is 13.4.